The Kier molecular flexibility index (Phi) is 5.18. The number of carbonyl (C=O) groups excluding carboxylic acids is 1. The highest BCUT2D eigenvalue weighted by Crippen LogP contribution is 2.32. The van der Waals surface area contributed by atoms with Gasteiger partial charge in [0.15, 0.2) is 5.13 Å². The molecule has 0 atom stereocenters. The van der Waals surface area contributed by atoms with E-state index in [0.29, 0.717) is 16.4 Å². The predicted molar refractivity (Wildman–Crippen MR) is 109 cm³/mol. The topological polar surface area (TPSA) is 64.1 Å². The van der Waals surface area contributed by atoms with Crippen LogP contribution in [0.1, 0.15) is 15.2 Å². The van der Waals surface area contributed by atoms with Crippen molar-refractivity contribution in [3.63, 3.8) is 0 Å². The van der Waals surface area contributed by atoms with Crippen molar-refractivity contribution in [2.24, 2.45) is 0 Å². The number of aryl methyl sites for hydroxylation is 1. The van der Waals surface area contributed by atoms with Crippen LogP contribution in [0.15, 0.2) is 60.8 Å². The molecule has 146 valence electrons. The van der Waals surface area contributed by atoms with E-state index in [0.717, 1.165) is 21.3 Å². The minimum Gasteiger partial charge on any atom is -0.435 e. The normalized spacial score (nSPS) is 11.0. The van der Waals surface area contributed by atoms with Gasteiger partial charge in [0.1, 0.15) is 5.75 Å². The molecule has 5 nitrogen and oxygen atoms in total. The van der Waals surface area contributed by atoms with Crippen molar-refractivity contribution in [3.8, 4) is 17.0 Å². The SMILES string of the molecule is Cc1sc(NC(=O)c2cccc3ncccc23)nc1-c1ccc(OC(F)F)cc1. The van der Waals surface area contributed by atoms with Crippen LogP contribution in [-0.2, 0) is 0 Å². The van der Waals surface area contributed by atoms with Gasteiger partial charge in [-0.15, -0.1) is 11.3 Å². The number of hydrogen-bond donors (Lipinski definition) is 1. The number of amides is 1. The smallest absolute Gasteiger partial charge is 0.387 e. The maximum absolute atomic E-state index is 12.8. The zero-order chi connectivity index (χ0) is 20.4. The lowest BCUT2D eigenvalue weighted by atomic mass is 10.1. The number of thiazole rings is 1. The fourth-order valence-corrected chi connectivity index (χ4v) is 3.81. The van der Waals surface area contributed by atoms with E-state index >= 15 is 0 Å². The van der Waals surface area contributed by atoms with Gasteiger partial charge in [0.25, 0.3) is 5.91 Å². The Hall–Kier alpha value is -3.39. The summed E-state index contributed by atoms with van der Waals surface area (Å²) in [6, 6.07) is 15.2. The van der Waals surface area contributed by atoms with Crippen molar-refractivity contribution < 1.29 is 18.3 Å². The van der Waals surface area contributed by atoms with Crippen molar-refractivity contribution in [3.05, 3.63) is 71.2 Å². The number of anilines is 1. The largest absolute Gasteiger partial charge is 0.435 e. The summed E-state index contributed by atoms with van der Waals surface area (Å²) in [5, 5.41) is 4.05. The number of halogens is 2. The first-order valence-corrected chi connectivity index (χ1v) is 9.50. The van der Waals surface area contributed by atoms with Crippen molar-refractivity contribution >= 4 is 33.3 Å². The zero-order valence-electron chi connectivity index (χ0n) is 15.2. The summed E-state index contributed by atoms with van der Waals surface area (Å²) < 4.78 is 29.0. The molecule has 0 unspecified atom stereocenters. The zero-order valence-corrected chi connectivity index (χ0v) is 16.0. The molecule has 2 aromatic heterocycles. The Balaban J connectivity index is 1.57. The maximum atomic E-state index is 12.8. The van der Waals surface area contributed by atoms with E-state index in [-0.39, 0.29) is 11.7 Å². The van der Waals surface area contributed by atoms with Gasteiger partial charge < -0.3 is 4.74 Å². The molecule has 29 heavy (non-hydrogen) atoms. The molecule has 1 N–H and O–H groups in total. The summed E-state index contributed by atoms with van der Waals surface area (Å²) >= 11 is 1.34. The molecule has 0 saturated heterocycles. The Labute approximate surface area is 169 Å². The number of alkyl halides is 2. The molecule has 0 saturated carbocycles. The van der Waals surface area contributed by atoms with Gasteiger partial charge in [0.2, 0.25) is 0 Å². The fourth-order valence-electron chi connectivity index (χ4n) is 2.98. The highest BCUT2D eigenvalue weighted by Gasteiger charge is 2.15. The van der Waals surface area contributed by atoms with Crippen molar-refractivity contribution in [1.29, 1.82) is 0 Å². The highest BCUT2D eigenvalue weighted by molar-refractivity contribution is 7.16. The van der Waals surface area contributed by atoms with Gasteiger partial charge in [0, 0.05) is 27.6 Å². The molecular formula is C21H15F2N3O2S. The van der Waals surface area contributed by atoms with E-state index in [9.17, 15) is 13.6 Å². The van der Waals surface area contributed by atoms with E-state index < -0.39 is 6.61 Å². The molecule has 0 aliphatic rings. The van der Waals surface area contributed by atoms with E-state index in [4.69, 9.17) is 0 Å². The number of benzene rings is 2. The summed E-state index contributed by atoms with van der Waals surface area (Å²) in [6.45, 7) is -0.985. The number of hydrogen-bond acceptors (Lipinski definition) is 5. The van der Waals surface area contributed by atoms with Crippen LogP contribution in [0.3, 0.4) is 0 Å². The van der Waals surface area contributed by atoms with Crippen molar-refractivity contribution in [2.75, 3.05) is 5.32 Å². The number of fused-ring (bicyclic) bond motifs is 1. The van der Waals surface area contributed by atoms with Crippen LogP contribution in [0.25, 0.3) is 22.2 Å². The second-order valence-corrected chi connectivity index (χ2v) is 7.36. The summed E-state index contributed by atoms with van der Waals surface area (Å²) in [4.78, 5) is 22.4. The van der Waals surface area contributed by atoms with Gasteiger partial charge in [-0.2, -0.15) is 8.78 Å². The Morgan fingerprint density at radius 1 is 1.10 bits per heavy atom. The molecule has 0 spiro atoms. The van der Waals surface area contributed by atoms with Crippen LogP contribution in [-0.4, -0.2) is 22.5 Å². The number of carbonyl (C=O) groups is 1. The lowest BCUT2D eigenvalue weighted by molar-refractivity contribution is -0.0498. The first-order valence-electron chi connectivity index (χ1n) is 8.69. The average molecular weight is 411 g/mol. The highest BCUT2D eigenvalue weighted by atomic mass is 32.1. The van der Waals surface area contributed by atoms with Gasteiger partial charge >= 0.3 is 6.61 Å². The van der Waals surface area contributed by atoms with Crippen LogP contribution >= 0.6 is 11.3 Å². The average Bonchev–Trinajstić information content (AvgIpc) is 3.07. The molecule has 0 fully saturated rings. The maximum Gasteiger partial charge on any atom is 0.387 e. The molecule has 8 heteroatoms. The minimum atomic E-state index is -2.87. The second-order valence-electron chi connectivity index (χ2n) is 6.16. The summed E-state index contributed by atoms with van der Waals surface area (Å²) in [7, 11) is 0. The third-order valence-corrected chi connectivity index (χ3v) is 5.15. The molecular weight excluding hydrogens is 396 g/mol. The van der Waals surface area contributed by atoms with Crippen molar-refractivity contribution in [1.82, 2.24) is 9.97 Å². The van der Waals surface area contributed by atoms with E-state index in [1.807, 2.05) is 19.1 Å². The number of nitrogens with zero attached hydrogens (tertiary/aromatic N) is 2. The number of pyridine rings is 1. The van der Waals surface area contributed by atoms with E-state index in [1.165, 1.54) is 23.5 Å². The first kappa shape index (κ1) is 18.9. The number of rotatable bonds is 5. The van der Waals surface area contributed by atoms with Crippen LogP contribution in [0.5, 0.6) is 5.75 Å². The van der Waals surface area contributed by atoms with Crippen LogP contribution in [0.4, 0.5) is 13.9 Å². The molecule has 0 radical (unpaired) electrons. The molecule has 0 aliphatic carbocycles. The van der Waals surface area contributed by atoms with Gasteiger partial charge in [-0.25, -0.2) is 4.98 Å². The lowest BCUT2D eigenvalue weighted by Crippen LogP contribution is -2.12. The molecule has 4 aromatic rings. The van der Waals surface area contributed by atoms with Crippen LogP contribution in [0, 0.1) is 6.92 Å². The Morgan fingerprint density at radius 3 is 2.66 bits per heavy atom. The van der Waals surface area contributed by atoms with Gasteiger partial charge in [-0.05, 0) is 49.4 Å². The predicted octanol–water partition coefficient (Wildman–Crippen LogP) is 5.52. The Morgan fingerprint density at radius 2 is 1.90 bits per heavy atom. The Bertz CT molecular complexity index is 1170. The summed E-state index contributed by atoms with van der Waals surface area (Å²) in [5.41, 5.74) is 2.67. The van der Waals surface area contributed by atoms with Gasteiger partial charge in [-0.1, -0.05) is 12.1 Å². The van der Waals surface area contributed by atoms with Gasteiger partial charge in [0.05, 0.1) is 11.2 Å². The van der Waals surface area contributed by atoms with Gasteiger partial charge in [-0.3, -0.25) is 15.1 Å². The lowest BCUT2D eigenvalue weighted by Gasteiger charge is -2.06. The molecule has 2 aromatic carbocycles. The van der Waals surface area contributed by atoms with Crippen molar-refractivity contribution in [2.45, 2.75) is 13.5 Å². The second kappa shape index (κ2) is 7.92. The summed E-state index contributed by atoms with van der Waals surface area (Å²) in [5.74, 6) is -0.195. The molecule has 1 amide bonds. The number of aromatic nitrogens is 2. The number of ether oxygens (including phenoxy) is 1. The molecule has 4 rings (SSSR count). The monoisotopic (exact) mass is 411 g/mol. The van der Waals surface area contributed by atoms with Crippen LogP contribution < -0.4 is 10.1 Å². The van der Waals surface area contributed by atoms with E-state index in [2.05, 4.69) is 20.0 Å². The quantitative estimate of drug-likeness (QED) is 0.470. The molecule has 0 aliphatic heterocycles. The standard InChI is InChI=1S/C21H15F2N3O2S/c1-12-18(13-7-9-14(10-8-13)28-20(22)23)25-21(29-12)26-19(27)16-4-2-6-17-15(16)5-3-11-24-17/h2-11,20H,1H3,(H,25,26,27). The van der Waals surface area contributed by atoms with E-state index in [1.54, 1.807) is 36.5 Å². The third-order valence-electron chi connectivity index (χ3n) is 4.26. The number of nitrogens with one attached hydrogen (secondary N) is 1. The third kappa shape index (κ3) is 4.07. The minimum absolute atomic E-state index is 0.0784. The fraction of sp³-hybridized carbons (Fsp3) is 0.0952. The molecule has 0 bridgehead atoms. The first-order chi connectivity index (χ1) is 14.0. The summed E-state index contributed by atoms with van der Waals surface area (Å²) in [6.07, 6.45) is 1.68. The molecule has 2 heterocycles. The van der Waals surface area contributed by atoms with Crippen LogP contribution in [0.2, 0.25) is 0 Å².